The third-order valence-corrected chi connectivity index (χ3v) is 2.90. The molecule has 0 radical (unpaired) electrons. The second-order valence-electron chi connectivity index (χ2n) is 2.58. The molecule has 13 heavy (non-hydrogen) atoms. The SMILES string of the molecule is CC/C(Cl)=C(/Cl)c1ccc(Cl)cc1. The molecule has 3 heteroatoms. The summed E-state index contributed by atoms with van der Waals surface area (Å²) in [5.74, 6) is 0. The Hall–Kier alpha value is -0.170. The number of benzene rings is 1. The van der Waals surface area contributed by atoms with Crippen LogP contribution in [0.1, 0.15) is 18.9 Å². The van der Waals surface area contributed by atoms with Gasteiger partial charge in [-0.05, 0) is 24.1 Å². The van der Waals surface area contributed by atoms with Gasteiger partial charge in [-0.1, -0.05) is 53.9 Å². The molecule has 0 bridgehead atoms. The van der Waals surface area contributed by atoms with E-state index in [2.05, 4.69) is 0 Å². The highest BCUT2D eigenvalue weighted by Crippen LogP contribution is 2.27. The highest BCUT2D eigenvalue weighted by molar-refractivity contribution is 6.54. The topological polar surface area (TPSA) is 0 Å². The van der Waals surface area contributed by atoms with Crippen LogP contribution in [0.15, 0.2) is 29.3 Å². The minimum Gasteiger partial charge on any atom is -0.0875 e. The molecule has 1 rings (SSSR count). The summed E-state index contributed by atoms with van der Waals surface area (Å²) in [5.41, 5.74) is 0.901. The summed E-state index contributed by atoms with van der Waals surface area (Å²) < 4.78 is 0. The zero-order chi connectivity index (χ0) is 9.84. The van der Waals surface area contributed by atoms with E-state index in [4.69, 9.17) is 34.8 Å². The molecule has 0 amide bonds. The van der Waals surface area contributed by atoms with Crippen molar-refractivity contribution in [3.8, 4) is 0 Å². The maximum absolute atomic E-state index is 6.01. The second-order valence-corrected chi connectivity index (χ2v) is 3.85. The maximum Gasteiger partial charge on any atom is 0.0623 e. The summed E-state index contributed by atoms with van der Waals surface area (Å²) in [7, 11) is 0. The van der Waals surface area contributed by atoms with Crippen LogP contribution in [0, 0.1) is 0 Å². The van der Waals surface area contributed by atoms with E-state index in [-0.39, 0.29) is 0 Å². The van der Waals surface area contributed by atoms with Crippen LogP contribution in [-0.4, -0.2) is 0 Å². The molecule has 0 aliphatic rings. The van der Waals surface area contributed by atoms with Gasteiger partial charge in [0.25, 0.3) is 0 Å². The molecular weight excluding hydrogens is 226 g/mol. The summed E-state index contributed by atoms with van der Waals surface area (Å²) in [4.78, 5) is 0. The lowest BCUT2D eigenvalue weighted by molar-refractivity contribution is 1.20. The van der Waals surface area contributed by atoms with E-state index >= 15 is 0 Å². The van der Waals surface area contributed by atoms with Gasteiger partial charge < -0.3 is 0 Å². The Labute approximate surface area is 93.1 Å². The van der Waals surface area contributed by atoms with Crippen LogP contribution in [0.2, 0.25) is 5.02 Å². The van der Waals surface area contributed by atoms with Crippen LogP contribution in [0.3, 0.4) is 0 Å². The summed E-state index contributed by atoms with van der Waals surface area (Å²) >= 11 is 17.7. The average molecular weight is 236 g/mol. The molecule has 0 fully saturated rings. The van der Waals surface area contributed by atoms with Gasteiger partial charge in [0.2, 0.25) is 0 Å². The van der Waals surface area contributed by atoms with E-state index in [1.807, 2.05) is 19.1 Å². The first kappa shape index (κ1) is 10.9. The molecule has 0 spiro atoms. The van der Waals surface area contributed by atoms with Crippen molar-refractivity contribution in [2.45, 2.75) is 13.3 Å². The predicted octanol–water partition coefficient (Wildman–Crippen LogP) is 4.90. The van der Waals surface area contributed by atoms with Crippen molar-refractivity contribution in [1.29, 1.82) is 0 Å². The molecule has 1 aromatic rings. The van der Waals surface area contributed by atoms with E-state index in [0.29, 0.717) is 15.1 Å². The molecule has 0 aliphatic carbocycles. The third-order valence-electron chi connectivity index (χ3n) is 1.65. The van der Waals surface area contributed by atoms with Gasteiger partial charge >= 0.3 is 0 Å². The molecule has 0 saturated carbocycles. The van der Waals surface area contributed by atoms with Crippen molar-refractivity contribution in [2.75, 3.05) is 0 Å². The van der Waals surface area contributed by atoms with Crippen molar-refractivity contribution in [2.24, 2.45) is 0 Å². The lowest BCUT2D eigenvalue weighted by atomic mass is 10.2. The highest BCUT2D eigenvalue weighted by atomic mass is 35.5. The Bertz CT molecular complexity index is 311. The fourth-order valence-corrected chi connectivity index (χ4v) is 1.40. The fraction of sp³-hybridized carbons (Fsp3) is 0.200. The maximum atomic E-state index is 6.01. The van der Waals surface area contributed by atoms with Gasteiger partial charge in [-0.3, -0.25) is 0 Å². The number of rotatable bonds is 2. The highest BCUT2D eigenvalue weighted by Gasteiger charge is 2.02. The van der Waals surface area contributed by atoms with Crippen LogP contribution < -0.4 is 0 Å². The number of halogens is 3. The molecule has 1 aromatic carbocycles. The third kappa shape index (κ3) is 2.91. The first-order valence-electron chi connectivity index (χ1n) is 3.95. The van der Waals surface area contributed by atoms with E-state index < -0.39 is 0 Å². The van der Waals surface area contributed by atoms with E-state index in [9.17, 15) is 0 Å². The molecule has 70 valence electrons. The van der Waals surface area contributed by atoms with Crippen molar-refractivity contribution in [3.05, 3.63) is 39.9 Å². The normalized spacial score (nSPS) is 12.6. The van der Waals surface area contributed by atoms with Gasteiger partial charge in [0.15, 0.2) is 0 Å². The van der Waals surface area contributed by atoms with Gasteiger partial charge in [-0.25, -0.2) is 0 Å². The number of allylic oxidation sites excluding steroid dienone is 1. The average Bonchev–Trinajstić information content (AvgIpc) is 2.17. The first-order valence-corrected chi connectivity index (χ1v) is 5.08. The van der Waals surface area contributed by atoms with Crippen molar-refractivity contribution in [3.63, 3.8) is 0 Å². The fourth-order valence-electron chi connectivity index (χ4n) is 0.908. The molecule has 0 saturated heterocycles. The minimum absolute atomic E-state index is 0.598. The molecule has 0 unspecified atom stereocenters. The van der Waals surface area contributed by atoms with Crippen molar-refractivity contribution in [1.82, 2.24) is 0 Å². The number of hydrogen-bond donors (Lipinski definition) is 0. The van der Waals surface area contributed by atoms with E-state index in [1.54, 1.807) is 12.1 Å². The summed E-state index contributed by atoms with van der Waals surface area (Å²) in [6.07, 6.45) is 0.739. The molecule has 0 aromatic heterocycles. The van der Waals surface area contributed by atoms with Crippen LogP contribution >= 0.6 is 34.8 Å². The summed E-state index contributed by atoms with van der Waals surface area (Å²) in [6.45, 7) is 1.96. The Morgan fingerprint density at radius 2 is 1.69 bits per heavy atom. The van der Waals surface area contributed by atoms with Crippen LogP contribution in [0.5, 0.6) is 0 Å². The van der Waals surface area contributed by atoms with Gasteiger partial charge in [0.1, 0.15) is 0 Å². The number of hydrogen-bond acceptors (Lipinski definition) is 0. The van der Waals surface area contributed by atoms with Crippen molar-refractivity contribution >= 4 is 39.8 Å². The van der Waals surface area contributed by atoms with E-state index in [0.717, 1.165) is 12.0 Å². The van der Waals surface area contributed by atoms with Crippen LogP contribution in [-0.2, 0) is 0 Å². The largest absolute Gasteiger partial charge is 0.0875 e. The zero-order valence-corrected chi connectivity index (χ0v) is 9.42. The smallest absolute Gasteiger partial charge is 0.0623 e. The lowest BCUT2D eigenvalue weighted by Crippen LogP contribution is -1.79. The Morgan fingerprint density at radius 3 is 2.15 bits per heavy atom. The summed E-state index contributed by atoms with van der Waals surface area (Å²) in [6, 6.07) is 7.28. The molecule has 0 aliphatic heterocycles. The molecular formula is C10H9Cl3. The van der Waals surface area contributed by atoms with E-state index in [1.165, 1.54) is 0 Å². The molecule has 0 nitrogen and oxygen atoms in total. The Balaban J connectivity index is 3.02. The predicted molar refractivity (Wildman–Crippen MR) is 60.4 cm³/mol. The second kappa shape index (κ2) is 4.90. The minimum atomic E-state index is 0.598. The Kier molecular flexibility index (Phi) is 4.11. The molecule has 0 heterocycles. The summed E-state index contributed by atoms with van der Waals surface area (Å²) in [5, 5.41) is 1.96. The van der Waals surface area contributed by atoms with Crippen molar-refractivity contribution < 1.29 is 0 Å². The van der Waals surface area contributed by atoms with Gasteiger partial charge in [0, 0.05) is 10.1 Å². The van der Waals surface area contributed by atoms with Crippen LogP contribution in [0.4, 0.5) is 0 Å². The van der Waals surface area contributed by atoms with Gasteiger partial charge in [-0.15, -0.1) is 0 Å². The molecule has 0 atom stereocenters. The standard InChI is InChI=1S/C10H9Cl3/c1-2-9(12)10(13)7-3-5-8(11)6-4-7/h3-6H,2H2,1H3/b10-9-. The molecule has 0 N–H and O–H groups in total. The van der Waals surface area contributed by atoms with Gasteiger partial charge in [0.05, 0.1) is 5.03 Å². The first-order chi connectivity index (χ1) is 6.15. The zero-order valence-electron chi connectivity index (χ0n) is 7.15. The van der Waals surface area contributed by atoms with Gasteiger partial charge in [-0.2, -0.15) is 0 Å². The monoisotopic (exact) mass is 234 g/mol. The lowest BCUT2D eigenvalue weighted by Gasteiger charge is -2.01. The Morgan fingerprint density at radius 1 is 1.15 bits per heavy atom. The van der Waals surface area contributed by atoms with Crippen LogP contribution in [0.25, 0.3) is 5.03 Å². The quantitative estimate of drug-likeness (QED) is 0.684.